The van der Waals surface area contributed by atoms with E-state index in [1.54, 1.807) is 10.6 Å². The monoisotopic (exact) mass is 300 g/mol. The fourth-order valence-electron chi connectivity index (χ4n) is 3.37. The predicted molar refractivity (Wildman–Crippen MR) is 82.6 cm³/mol. The van der Waals surface area contributed by atoms with E-state index in [0.717, 1.165) is 30.9 Å². The molecule has 0 bridgehead atoms. The normalized spacial score (nSPS) is 19.1. The van der Waals surface area contributed by atoms with Crippen molar-refractivity contribution in [2.45, 2.75) is 32.0 Å². The molecule has 2 aromatic rings. The van der Waals surface area contributed by atoms with Crippen LogP contribution in [0.25, 0.3) is 0 Å². The van der Waals surface area contributed by atoms with Gasteiger partial charge in [0.15, 0.2) is 0 Å². The fourth-order valence-corrected chi connectivity index (χ4v) is 3.37. The first-order valence-corrected chi connectivity index (χ1v) is 7.57. The minimum absolute atomic E-state index is 0.214. The maximum Gasteiger partial charge on any atom is 0.351 e. The van der Waals surface area contributed by atoms with Crippen molar-refractivity contribution in [3.05, 3.63) is 52.2 Å². The van der Waals surface area contributed by atoms with Gasteiger partial charge in [-0.05, 0) is 30.5 Å². The molecule has 114 valence electrons. The highest BCUT2D eigenvalue weighted by atomic mass is 19.1. The van der Waals surface area contributed by atoms with E-state index < -0.39 is 0 Å². The molecule has 5 nitrogen and oxygen atoms in total. The van der Waals surface area contributed by atoms with Crippen LogP contribution in [0.1, 0.15) is 18.4 Å². The van der Waals surface area contributed by atoms with Crippen molar-refractivity contribution in [2.24, 2.45) is 0 Å². The quantitative estimate of drug-likeness (QED) is 0.941. The lowest BCUT2D eigenvalue weighted by atomic mass is 10.2. The third kappa shape index (κ3) is 2.24. The van der Waals surface area contributed by atoms with Gasteiger partial charge in [-0.2, -0.15) is 4.98 Å². The molecule has 2 aliphatic heterocycles. The number of nitrogens with zero attached hydrogens (tertiary/aromatic N) is 3. The van der Waals surface area contributed by atoms with E-state index >= 15 is 0 Å². The van der Waals surface area contributed by atoms with E-state index in [1.165, 1.54) is 18.6 Å². The number of rotatable bonds is 3. The van der Waals surface area contributed by atoms with Gasteiger partial charge >= 0.3 is 5.69 Å². The molecule has 2 aliphatic rings. The fraction of sp³-hybridized carbons (Fsp3) is 0.375. The van der Waals surface area contributed by atoms with E-state index in [2.05, 4.69) is 15.2 Å². The summed E-state index contributed by atoms with van der Waals surface area (Å²) in [7, 11) is 0. The summed E-state index contributed by atoms with van der Waals surface area (Å²) in [6.07, 6.45) is 2.31. The molecule has 1 unspecified atom stereocenters. The van der Waals surface area contributed by atoms with Gasteiger partial charge in [0, 0.05) is 31.7 Å². The van der Waals surface area contributed by atoms with E-state index in [1.807, 2.05) is 12.1 Å². The zero-order valence-corrected chi connectivity index (χ0v) is 12.1. The lowest BCUT2D eigenvalue weighted by Crippen LogP contribution is -2.24. The van der Waals surface area contributed by atoms with Crippen molar-refractivity contribution in [3.63, 3.8) is 0 Å². The molecule has 1 fully saturated rings. The lowest BCUT2D eigenvalue weighted by Gasteiger charge is -2.17. The molecule has 0 spiro atoms. The predicted octanol–water partition coefficient (Wildman–Crippen LogP) is 1.98. The maximum absolute atomic E-state index is 13.2. The minimum Gasteiger partial charge on any atom is -0.366 e. The number of benzene rings is 1. The first kappa shape index (κ1) is 13.3. The third-order valence-corrected chi connectivity index (χ3v) is 4.42. The molecule has 1 atom stereocenters. The van der Waals surface area contributed by atoms with Crippen LogP contribution in [0.3, 0.4) is 0 Å². The molecule has 1 saturated heterocycles. The summed E-state index contributed by atoms with van der Waals surface area (Å²) in [5.41, 5.74) is 0.607. The van der Waals surface area contributed by atoms with Gasteiger partial charge < -0.3 is 10.2 Å². The summed E-state index contributed by atoms with van der Waals surface area (Å²) in [6.45, 7) is 2.18. The first-order chi connectivity index (χ1) is 10.7. The number of halogens is 1. The Morgan fingerprint density at radius 2 is 2.27 bits per heavy atom. The van der Waals surface area contributed by atoms with Gasteiger partial charge in [0.25, 0.3) is 0 Å². The number of aromatic nitrogens is 2. The van der Waals surface area contributed by atoms with E-state index in [0.29, 0.717) is 18.4 Å². The van der Waals surface area contributed by atoms with Crippen LogP contribution in [-0.2, 0) is 13.1 Å². The molecular weight excluding hydrogens is 283 g/mol. The van der Waals surface area contributed by atoms with Crippen LogP contribution in [0, 0.1) is 5.82 Å². The van der Waals surface area contributed by atoms with Gasteiger partial charge in [-0.15, -0.1) is 0 Å². The van der Waals surface area contributed by atoms with Crippen LogP contribution < -0.4 is 15.9 Å². The molecule has 0 amide bonds. The highest BCUT2D eigenvalue weighted by Crippen LogP contribution is 2.32. The Morgan fingerprint density at radius 1 is 1.36 bits per heavy atom. The summed E-state index contributed by atoms with van der Waals surface area (Å²) >= 11 is 0. The molecule has 22 heavy (non-hydrogen) atoms. The van der Waals surface area contributed by atoms with Crippen molar-refractivity contribution < 1.29 is 4.39 Å². The van der Waals surface area contributed by atoms with Crippen LogP contribution in [-0.4, -0.2) is 22.1 Å². The molecule has 0 saturated carbocycles. The van der Waals surface area contributed by atoms with Gasteiger partial charge in [0.2, 0.25) is 0 Å². The third-order valence-electron chi connectivity index (χ3n) is 4.42. The average molecular weight is 300 g/mol. The SMILES string of the molecule is O=c1nc(NCc2cccc(F)c2)cc2n1CC1CCCN21. The van der Waals surface area contributed by atoms with Crippen LogP contribution in [0.4, 0.5) is 16.0 Å². The van der Waals surface area contributed by atoms with Crippen LogP contribution >= 0.6 is 0 Å². The second kappa shape index (κ2) is 5.12. The number of hydrogen-bond acceptors (Lipinski definition) is 4. The maximum atomic E-state index is 13.2. The average Bonchev–Trinajstić information content (AvgIpc) is 3.07. The smallest absolute Gasteiger partial charge is 0.351 e. The molecule has 1 N–H and O–H groups in total. The highest BCUT2D eigenvalue weighted by molar-refractivity contribution is 5.53. The summed E-state index contributed by atoms with van der Waals surface area (Å²) in [5.74, 6) is 1.23. The van der Waals surface area contributed by atoms with Crippen molar-refractivity contribution >= 4 is 11.6 Å². The molecule has 3 heterocycles. The highest BCUT2D eigenvalue weighted by Gasteiger charge is 2.34. The van der Waals surface area contributed by atoms with Gasteiger partial charge in [0.1, 0.15) is 17.5 Å². The number of hydrogen-bond donors (Lipinski definition) is 1. The van der Waals surface area contributed by atoms with Gasteiger partial charge in [0.05, 0.1) is 0 Å². The Bertz CT molecular complexity index is 773. The summed E-state index contributed by atoms with van der Waals surface area (Å²) < 4.78 is 14.9. The molecule has 1 aromatic heterocycles. The summed E-state index contributed by atoms with van der Waals surface area (Å²) in [5, 5.41) is 3.12. The van der Waals surface area contributed by atoms with Crippen molar-refractivity contribution in [1.29, 1.82) is 0 Å². The summed E-state index contributed by atoms with van der Waals surface area (Å²) in [4.78, 5) is 18.5. The molecule has 4 rings (SSSR count). The molecular formula is C16H17FN4O. The largest absolute Gasteiger partial charge is 0.366 e. The summed E-state index contributed by atoms with van der Waals surface area (Å²) in [6, 6.07) is 8.76. The number of fused-ring (bicyclic) bond motifs is 3. The molecule has 6 heteroatoms. The second-order valence-corrected chi connectivity index (χ2v) is 5.87. The second-order valence-electron chi connectivity index (χ2n) is 5.87. The first-order valence-electron chi connectivity index (χ1n) is 7.57. The van der Waals surface area contributed by atoms with Crippen molar-refractivity contribution in [1.82, 2.24) is 9.55 Å². The Labute approximate surface area is 127 Å². The minimum atomic E-state index is -0.263. The van der Waals surface area contributed by atoms with E-state index in [4.69, 9.17) is 0 Å². The Morgan fingerprint density at radius 3 is 3.14 bits per heavy atom. The molecule has 0 radical (unpaired) electrons. The van der Waals surface area contributed by atoms with Crippen LogP contribution in [0.15, 0.2) is 35.1 Å². The zero-order chi connectivity index (χ0) is 15.1. The van der Waals surface area contributed by atoms with E-state index in [9.17, 15) is 9.18 Å². The Kier molecular flexibility index (Phi) is 3.10. The van der Waals surface area contributed by atoms with Crippen LogP contribution in [0.5, 0.6) is 0 Å². The standard InChI is InChI=1S/C16H17FN4O/c17-12-4-1-3-11(7-12)9-18-14-8-15-20-6-2-5-13(20)10-21(15)16(22)19-14/h1,3-4,7-8,13H,2,5-6,9-10H2,(H,18,19,22). The van der Waals surface area contributed by atoms with Crippen molar-refractivity contribution in [3.8, 4) is 0 Å². The van der Waals surface area contributed by atoms with E-state index in [-0.39, 0.29) is 11.5 Å². The number of anilines is 2. The Balaban J connectivity index is 1.57. The van der Waals surface area contributed by atoms with Gasteiger partial charge in [-0.25, -0.2) is 9.18 Å². The molecule has 1 aromatic carbocycles. The van der Waals surface area contributed by atoms with Gasteiger partial charge in [-0.1, -0.05) is 12.1 Å². The van der Waals surface area contributed by atoms with Gasteiger partial charge in [-0.3, -0.25) is 4.57 Å². The Hall–Kier alpha value is -2.37. The lowest BCUT2D eigenvalue weighted by molar-refractivity contribution is 0.604. The topological polar surface area (TPSA) is 50.2 Å². The number of nitrogens with one attached hydrogen (secondary N) is 1. The van der Waals surface area contributed by atoms with Crippen molar-refractivity contribution in [2.75, 3.05) is 16.8 Å². The molecule has 0 aliphatic carbocycles. The van der Waals surface area contributed by atoms with Crippen LogP contribution in [0.2, 0.25) is 0 Å². The zero-order valence-electron chi connectivity index (χ0n) is 12.1.